The fraction of sp³-hybridized carbons (Fsp3) is 0.353. The molecule has 0 aliphatic carbocycles. The summed E-state index contributed by atoms with van der Waals surface area (Å²) >= 11 is 1.74. The average Bonchev–Trinajstić information content (AvgIpc) is 2.98. The van der Waals surface area contributed by atoms with E-state index in [0.717, 1.165) is 23.7 Å². The van der Waals surface area contributed by atoms with Gasteiger partial charge in [0.2, 0.25) is 0 Å². The topological polar surface area (TPSA) is 38.6 Å². The molecule has 1 aromatic carbocycles. The van der Waals surface area contributed by atoms with Gasteiger partial charge in [-0.1, -0.05) is 24.3 Å². The van der Waals surface area contributed by atoms with Gasteiger partial charge < -0.3 is 10.1 Å². The van der Waals surface area contributed by atoms with Crippen LogP contribution >= 0.6 is 11.3 Å². The maximum Gasteiger partial charge on any atom is 0.194 e. The molecule has 1 N–H and O–H groups in total. The number of fused-ring (bicyclic) bond motifs is 1. The molecule has 0 radical (unpaired) electrons. The lowest BCUT2D eigenvalue weighted by Gasteiger charge is -2.06. The van der Waals surface area contributed by atoms with E-state index in [1.807, 2.05) is 0 Å². The van der Waals surface area contributed by atoms with Gasteiger partial charge >= 0.3 is 0 Å². The Hall–Kier alpha value is -1.69. The van der Waals surface area contributed by atoms with Crippen molar-refractivity contribution in [3.8, 4) is 0 Å². The minimum atomic E-state index is 0.665. The first-order valence-corrected chi connectivity index (χ1v) is 8.20. The summed E-state index contributed by atoms with van der Waals surface area (Å²) in [6.07, 6.45) is 2.16. The molecular formula is C17H21N3OS. The van der Waals surface area contributed by atoms with Gasteiger partial charge in [0.25, 0.3) is 0 Å². The Morgan fingerprint density at radius 1 is 1.14 bits per heavy atom. The Labute approximate surface area is 134 Å². The van der Waals surface area contributed by atoms with E-state index in [2.05, 4.69) is 59.0 Å². The number of hydrogen-bond donors (Lipinski definition) is 1. The Morgan fingerprint density at radius 3 is 2.59 bits per heavy atom. The van der Waals surface area contributed by atoms with Gasteiger partial charge in [-0.3, -0.25) is 4.40 Å². The van der Waals surface area contributed by atoms with Gasteiger partial charge in [-0.25, -0.2) is 4.98 Å². The van der Waals surface area contributed by atoms with E-state index in [-0.39, 0.29) is 0 Å². The Bertz CT molecular complexity index is 758. The first kappa shape index (κ1) is 15.2. The molecule has 2 heterocycles. The summed E-state index contributed by atoms with van der Waals surface area (Å²) in [4.78, 5) is 6.99. The molecule has 5 heteroatoms. The molecule has 0 bridgehead atoms. The van der Waals surface area contributed by atoms with Crippen LogP contribution in [0.1, 0.15) is 27.4 Å². The van der Waals surface area contributed by atoms with Crippen molar-refractivity contribution in [1.82, 2.24) is 14.7 Å². The highest BCUT2D eigenvalue weighted by Gasteiger charge is 2.10. The van der Waals surface area contributed by atoms with Crippen LogP contribution in [0, 0.1) is 13.8 Å². The van der Waals surface area contributed by atoms with Gasteiger partial charge in [-0.15, -0.1) is 11.3 Å². The molecule has 0 saturated carbocycles. The molecule has 3 rings (SSSR count). The van der Waals surface area contributed by atoms with E-state index in [1.54, 1.807) is 18.4 Å². The van der Waals surface area contributed by atoms with Crippen molar-refractivity contribution in [3.63, 3.8) is 0 Å². The molecule has 0 aliphatic rings. The zero-order chi connectivity index (χ0) is 15.5. The molecule has 0 unspecified atom stereocenters. The van der Waals surface area contributed by atoms with Crippen molar-refractivity contribution in [1.29, 1.82) is 0 Å². The van der Waals surface area contributed by atoms with Gasteiger partial charge in [-0.2, -0.15) is 0 Å². The highest BCUT2D eigenvalue weighted by Crippen LogP contribution is 2.20. The van der Waals surface area contributed by atoms with Gasteiger partial charge in [0.05, 0.1) is 18.0 Å². The molecule has 0 atom stereocenters. The van der Waals surface area contributed by atoms with Crippen molar-refractivity contribution in [2.75, 3.05) is 7.11 Å². The standard InChI is InChI=1S/C17H21N3OS/c1-12-10-20-16(13(2)19-17(20)22-12)9-18-8-14-4-6-15(7-5-14)11-21-3/h4-7,10,18H,8-9,11H2,1-3H3. The van der Waals surface area contributed by atoms with Crippen LogP contribution in [0.2, 0.25) is 0 Å². The lowest BCUT2D eigenvalue weighted by atomic mass is 10.1. The number of methoxy groups -OCH3 is 1. The van der Waals surface area contributed by atoms with E-state index in [9.17, 15) is 0 Å². The predicted molar refractivity (Wildman–Crippen MR) is 90.2 cm³/mol. The SMILES string of the molecule is COCc1ccc(CNCc2c(C)nc3sc(C)cn23)cc1. The summed E-state index contributed by atoms with van der Waals surface area (Å²) < 4.78 is 7.33. The van der Waals surface area contributed by atoms with Crippen LogP contribution in [0.15, 0.2) is 30.5 Å². The first-order valence-electron chi connectivity index (χ1n) is 7.39. The number of thiazole rings is 1. The maximum absolute atomic E-state index is 5.13. The van der Waals surface area contributed by atoms with Crippen LogP contribution in [-0.4, -0.2) is 16.5 Å². The van der Waals surface area contributed by atoms with E-state index >= 15 is 0 Å². The molecule has 0 aliphatic heterocycles. The second-order valence-corrected chi connectivity index (χ2v) is 6.70. The summed E-state index contributed by atoms with van der Waals surface area (Å²) in [6.45, 7) is 6.53. The smallest absolute Gasteiger partial charge is 0.194 e. The van der Waals surface area contributed by atoms with Crippen LogP contribution in [-0.2, 0) is 24.4 Å². The fourth-order valence-corrected chi connectivity index (χ4v) is 3.46. The van der Waals surface area contributed by atoms with E-state index in [4.69, 9.17) is 4.74 Å². The monoisotopic (exact) mass is 315 g/mol. The molecular weight excluding hydrogens is 294 g/mol. The molecule has 22 heavy (non-hydrogen) atoms. The summed E-state index contributed by atoms with van der Waals surface area (Å²) in [7, 11) is 1.72. The summed E-state index contributed by atoms with van der Waals surface area (Å²) in [5, 5.41) is 3.51. The maximum atomic E-state index is 5.13. The van der Waals surface area contributed by atoms with E-state index < -0.39 is 0 Å². The normalized spacial score (nSPS) is 11.4. The predicted octanol–water partition coefficient (Wildman–Crippen LogP) is 3.45. The summed E-state index contributed by atoms with van der Waals surface area (Å²) in [5.41, 5.74) is 4.83. The largest absolute Gasteiger partial charge is 0.380 e. The van der Waals surface area contributed by atoms with Gasteiger partial charge in [-0.05, 0) is 25.0 Å². The van der Waals surface area contributed by atoms with Crippen molar-refractivity contribution >= 4 is 16.3 Å². The molecule has 116 valence electrons. The molecule has 4 nitrogen and oxygen atoms in total. The fourth-order valence-electron chi connectivity index (χ4n) is 2.57. The molecule has 3 aromatic rings. The molecule has 2 aromatic heterocycles. The lowest BCUT2D eigenvalue weighted by molar-refractivity contribution is 0.185. The second-order valence-electron chi connectivity index (χ2n) is 5.49. The third kappa shape index (κ3) is 3.21. The molecule has 0 spiro atoms. The number of aromatic nitrogens is 2. The molecule has 0 amide bonds. The lowest BCUT2D eigenvalue weighted by Crippen LogP contribution is -2.14. The number of nitrogens with one attached hydrogen (secondary N) is 1. The van der Waals surface area contributed by atoms with Gasteiger partial charge in [0.1, 0.15) is 0 Å². The van der Waals surface area contributed by atoms with Crippen molar-refractivity contribution in [2.24, 2.45) is 0 Å². The molecule has 0 fully saturated rings. The van der Waals surface area contributed by atoms with E-state index in [0.29, 0.717) is 6.61 Å². The third-order valence-corrected chi connectivity index (χ3v) is 4.59. The second kappa shape index (κ2) is 6.60. The van der Waals surface area contributed by atoms with Crippen LogP contribution in [0.25, 0.3) is 4.96 Å². The highest BCUT2D eigenvalue weighted by molar-refractivity contribution is 7.17. The highest BCUT2D eigenvalue weighted by atomic mass is 32.1. The van der Waals surface area contributed by atoms with Crippen molar-refractivity contribution in [2.45, 2.75) is 33.5 Å². The van der Waals surface area contributed by atoms with E-state index in [1.165, 1.54) is 21.7 Å². The molecule has 0 saturated heterocycles. The number of nitrogens with zero attached hydrogens (tertiary/aromatic N) is 2. The number of ether oxygens (including phenoxy) is 1. The first-order chi connectivity index (χ1) is 10.7. The van der Waals surface area contributed by atoms with Crippen LogP contribution in [0.3, 0.4) is 0 Å². The average molecular weight is 315 g/mol. The number of aryl methyl sites for hydroxylation is 2. The quantitative estimate of drug-likeness (QED) is 0.757. The third-order valence-electron chi connectivity index (χ3n) is 3.70. The minimum absolute atomic E-state index is 0.665. The zero-order valence-electron chi connectivity index (χ0n) is 13.2. The number of hydrogen-bond acceptors (Lipinski definition) is 4. The minimum Gasteiger partial charge on any atom is -0.380 e. The summed E-state index contributed by atoms with van der Waals surface area (Å²) in [6, 6.07) is 8.53. The van der Waals surface area contributed by atoms with Crippen molar-refractivity contribution < 1.29 is 4.74 Å². The number of imidazole rings is 1. The Morgan fingerprint density at radius 2 is 1.86 bits per heavy atom. The van der Waals surface area contributed by atoms with Crippen molar-refractivity contribution in [3.05, 3.63) is 57.9 Å². The number of rotatable bonds is 6. The van der Waals surface area contributed by atoms with Crippen LogP contribution < -0.4 is 5.32 Å². The van der Waals surface area contributed by atoms with Crippen LogP contribution in [0.5, 0.6) is 0 Å². The Balaban J connectivity index is 1.63. The Kier molecular flexibility index (Phi) is 4.57. The number of benzene rings is 1. The summed E-state index contributed by atoms with van der Waals surface area (Å²) in [5.74, 6) is 0. The van der Waals surface area contributed by atoms with Gasteiger partial charge in [0.15, 0.2) is 4.96 Å². The van der Waals surface area contributed by atoms with Crippen LogP contribution in [0.4, 0.5) is 0 Å². The van der Waals surface area contributed by atoms with Gasteiger partial charge in [0, 0.05) is 31.3 Å². The zero-order valence-corrected chi connectivity index (χ0v) is 14.0.